The summed E-state index contributed by atoms with van der Waals surface area (Å²) in [5.41, 5.74) is 2.08. The fourth-order valence-electron chi connectivity index (χ4n) is 2.48. The second-order valence-corrected chi connectivity index (χ2v) is 4.73. The Labute approximate surface area is 121 Å². The van der Waals surface area contributed by atoms with Crippen LogP contribution in [0.2, 0.25) is 0 Å². The van der Waals surface area contributed by atoms with Crippen LogP contribution in [0.4, 0.5) is 0 Å². The monoisotopic (exact) mass is 277 g/mol. The predicted octanol–water partition coefficient (Wildman–Crippen LogP) is 2.85. The van der Waals surface area contributed by atoms with Gasteiger partial charge in [0.25, 0.3) is 0 Å². The number of nitrogens with zero attached hydrogens (tertiary/aromatic N) is 1. The number of rotatable bonds is 3. The van der Waals surface area contributed by atoms with E-state index in [0.29, 0.717) is 22.3 Å². The minimum atomic E-state index is -0.923. The number of Topliss-reactive ketones (excluding diaryl/α,β-unsaturated/α-hetero) is 1. The smallest absolute Gasteiger partial charge is 0.339 e. The molecule has 2 aromatic carbocycles. The summed E-state index contributed by atoms with van der Waals surface area (Å²) in [5, 5.41) is 8.84. The van der Waals surface area contributed by atoms with Gasteiger partial charge in [-0.25, -0.2) is 4.79 Å². The Kier molecular flexibility index (Phi) is 3.25. The molecule has 1 aliphatic heterocycles. The van der Waals surface area contributed by atoms with Gasteiger partial charge in [-0.2, -0.15) is 5.26 Å². The molecule has 0 aromatic heterocycles. The van der Waals surface area contributed by atoms with Crippen molar-refractivity contribution in [2.45, 2.75) is 12.5 Å². The molecule has 0 bridgehead atoms. The van der Waals surface area contributed by atoms with E-state index in [1.807, 2.05) is 6.07 Å². The van der Waals surface area contributed by atoms with E-state index >= 15 is 0 Å². The average Bonchev–Trinajstić information content (AvgIpc) is 2.85. The van der Waals surface area contributed by atoms with Crippen LogP contribution >= 0.6 is 0 Å². The zero-order valence-corrected chi connectivity index (χ0v) is 11.1. The molecule has 0 spiro atoms. The number of hydrogen-bond acceptors (Lipinski definition) is 4. The Morgan fingerprint density at radius 1 is 1.14 bits per heavy atom. The minimum Gasteiger partial charge on any atom is -0.445 e. The predicted molar refractivity (Wildman–Crippen MR) is 74.7 cm³/mol. The molecule has 1 atom stereocenters. The van der Waals surface area contributed by atoms with Gasteiger partial charge < -0.3 is 4.74 Å². The number of benzene rings is 2. The average molecular weight is 277 g/mol. The number of fused-ring (bicyclic) bond motifs is 1. The molecule has 3 rings (SSSR count). The summed E-state index contributed by atoms with van der Waals surface area (Å²) in [6, 6.07) is 15.8. The van der Waals surface area contributed by atoms with E-state index in [-0.39, 0.29) is 12.2 Å². The van der Waals surface area contributed by atoms with Crippen molar-refractivity contribution in [2.24, 2.45) is 0 Å². The summed E-state index contributed by atoms with van der Waals surface area (Å²) in [5.74, 6) is -0.777. The zero-order chi connectivity index (χ0) is 14.8. The first-order chi connectivity index (χ1) is 10.2. The van der Waals surface area contributed by atoms with Gasteiger partial charge in [-0.05, 0) is 11.6 Å². The maximum atomic E-state index is 12.7. The molecule has 21 heavy (non-hydrogen) atoms. The van der Waals surface area contributed by atoms with Crippen LogP contribution in [0.3, 0.4) is 0 Å². The highest BCUT2D eigenvalue weighted by atomic mass is 16.6. The van der Waals surface area contributed by atoms with Gasteiger partial charge in [0.15, 0.2) is 6.10 Å². The second-order valence-electron chi connectivity index (χ2n) is 4.73. The van der Waals surface area contributed by atoms with Gasteiger partial charge in [-0.3, -0.25) is 4.79 Å². The highest BCUT2D eigenvalue weighted by molar-refractivity contribution is 6.07. The van der Waals surface area contributed by atoms with Crippen molar-refractivity contribution in [2.75, 3.05) is 0 Å². The van der Waals surface area contributed by atoms with E-state index in [0.717, 1.165) is 0 Å². The molecule has 1 aliphatic rings. The lowest BCUT2D eigenvalue weighted by atomic mass is 9.94. The lowest BCUT2D eigenvalue weighted by Crippen LogP contribution is -2.14. The third-order valence-electron chi connectivity index (χ3n) is 3.48. The summed E-state index contributed by atoms with van der Waals surface area (Å²) in [4.78, 5) is 24.5. The van der Waals surface area contributed by atoms with Gasteiger partial charge in [0.1, 0.15) is 0 Å². The normalized spacial score (nSPS) is 16.0. The number of cyclic esters (lactones) is 1. The quantitative estimate of drug-likeness (QED) is 0.639. The van der Waals surface area contributed by atoms with E-state index in [4.69, 9.17) is 10.00 Å². The van der Waals surface area contributed by atoms with Crippen LogP contribution in [0, 0.1) is 11.3 Å². The Bertz CT molecular complexity index is 774. The summed E-state index contributed by atoms with van der Waals surface area (Å²) >= 11 is 0. The van der Waals surface area contributed by atoms with Crippen molar-refractivity contribution in [3.8, 4) is 6.07 Å². The third kappa shape index (κ3) is 2.19. The number of hydrogen-bond donors (Lipinski definition) is 0. The highest BCUT2D eigenvalue weighted by Crippen LogP contribution is 2.33. The van der Waals surface area contributed by atoms with E-state index in [2.05, 4.69) is 0 Å². The Hall–Kier alpha value is -2.93. The molecule has 0 fully saturated rings. The Balaban J connectivity index is 2.02. The van der Waals surface area contributed by atoms with Crippen molar-refractivity contribution in [1.82, 2.24) is 0 Å². The summed E-state index contributed by atoms with van der Waals surface area (Å²) in [6.45, 7) is 0. The second kappa shape index (κ2) is 5.22. The molecular formula is C17H11NO3. The summed E-state index contributed by atoms with van der Waals surface area (Å²) in [7, 11) is 0. The molecule has 0 aliphatic carbocycles. The first-order valence-corrected chi connectivity index (χ1v) is 6.51. The molecular weight excluding hydrogens is 266 g/mol. The van der Waals surface area contributed by atoms with Crippen molar-refractivity contribution >= 4 is 11.8 Å². The molecule has 102 valence electrons. The maximum absolute atomic E-state index is 12.7. The van der Waals surface area contributed by atoms with Crippen LogP contribution in [-0.4, -0.2) is 11.8 Å². The van der Waals surface area contributed by atoms with Gasteiger partial charge in [-0.15, -0.1) is 0 Å². The molecule has 4 heteroatoms. The third-order valence-corrected chi connectivity index (χ3v) is 3.48. The van der Waals surface area contributed by atoms with Crippen LogP contribution in [0.1, 0.15) is 37.9 Å². The largest absolute Gasteiger partial charge is 0.445 e. The highest BCUT2D eigenvalue weighted by Gasteiger charge is 2.36. The van der Waals surface area contributed by atoms with Crippen LogP contribution in [-0.2, 0) is 11.2 Å². The van der Waals surface area contributed by atoms with Crippen LogP contribution < -0.4 is 0 Å². The van der Waals surface area contributed by atoms with Gasteiger partial charge in [-0.1, -0.05) is 42.5 Å². The van der Waals surface area contributed by atoms with Gasteiger partial charge in [0.2, 0.25) is 5.78 Å². The maximum Gasteiger partial charge on any atom is 0.339 e. The number of ketones is 1. The Morgan fingerprint density at radius 3 is 2.67 bits per heavy atom. The molecule has 0 radical (unpaired) electrons. The SMILES string of the molecule is N#CCc1ccccc1C(=O)[C@@H]1OC(=O)c2ccccc21. The number of nitriles is 1. The molecule has 1 heterocycles. The Morgan fingerprint density at radius 2 is 1.86 bits per heavy atom. The van der Waals surface area contributed by atoms with E-state index in [9.17, 15) is 9.59 Å². The molecule has 0 amide bonds. The fourth-order valence-corrected chi connectivity index (χ4v) is 2.48. The topological polar surface area (TPSA) is 67.2 Å². The molecule has 4 nitrogen and oxygen atoms in total. The van der Waals surface area contributed by atoms with E-state index in [1.165, 1.54) is 0 Å². The lowest BCUT2D eigenvalue weighted by molar-refractivity contribution is 0.0354. The fraction of sp³-hybridized carbons (Fsp3) is 0.118. The summed E-state index contributed by atoms with van der Waals surface area (Å²) < 4.78 is 5.21. The van der Waals surface area contributed by atoms with Crippen LogP contribution in [0.5, 0.6) is 0 Å². The van der Waals surface area contributed by atoms with E-state index in [1.54, 1.807) is 48.5 Å². The van der Waals surface area contributed by atoms with Gasteiger partial charge >= 0.3 is 5.97 Å². The minimum absolute atomic E-state index is 0.143. The zero-order valence-electron chi connectivity index (χ0n) is 11.1. The first kappa shape index (κ1) is 13.1. The lowest BCUT2D eigenvalue weighted by Gasteiger charge is -2.12. The van der Waals surface area contributed by atoms with Gasteiger partial charge in [0.05, 0.1) is 18.1 Å². The number of carbonyl (C=O) groups excluding carboxylic acids is 2. The van der Waals surface area contributed by atoms with Crippen LogP contribution in [0.25, 0.3) is 0 Å². The van der Waals surface area contributed by atoms with E-state index < -0.39 is 12.1 Å². The van der Waals surface area contributed by atoms with Crippen molar-refractivity contribution in [3.63, 3.8) is 0 Å². The molecule has 0 N–H and O–H groups in total. The van der Waals surface area contributed by atoms with Crippen molar-refractivity contribution < 1.29 is 14.3 Å². The molecule has 0 unspecified atom stereocenters. The molecule has 2 aromatic rings. The molecule has 0 saturated heterocycles. The number of carbonyl (C=O) groups is 2. The summed E-state index contributed by atoms with van der Waals surface area (Å²) in [6.07, 6.45) is -0.780. The number of ether oxygens (including phenoxy) is 1. The number of esters is 1. The first-order valence-electron chi connectivity index (χ1n) is 6.51. The van der Waals surface area contributed by atoms with Crippen molar-refractivity contribution in [1.29, 1.82) is 5.26 Å². The van der Waals surface area contributed by atoms with Crippen LogP contribution in [0.15, 0.2) is 48.5 Å². The standard InChI is InChI=1S/C17H11NO3/c18-10-9-11-5-1-2-6-12(11)15(19)16-13-7-3-4-8-14(13)17(20)21-16/h1-8,16H,9H2/t16-/m1/s1. The molecule has 0 saturated carbocycles. The van der Waals surface area contributed by atoms with Gasteiger partial charge in [0, 0.05) is 11.1 Å². The van der Waals surface area contributed by atoms with Crippen molar-refractivity contribution in [3.05, 3.63) is 70.8 Å².